The first kappa shape index (κ1) is 15.6. The van der Waals surface area contributed by atoms with Gasteiger partial charge in [0.2, 0.25) is 0 Å². The lowest BCUT2D eigenvalue weighted by Crippen LogP contribution is -2.27. The standard InChI is InChI=1S/C14H27N3S/c1-5-8-15-13(11-18-12(3)4)14-7-9-16-17(14)10-6-2/h7,9,12-13,15H,5-6,8,10-11H2,1-4H3. The normalized spacial score (nSPS) is 13.2. The first-order valence-corrected chi connectivity index (χ1v) is 8.10. The second-order valence-electron chi connectivity index (χ2n) is 4.87. The Morgan fingerprint density at radius 3 is 2.72 bits per heavy atom. The lowest BCUT2D eigenvalue weighted by molar-refractivity contribution is 0.498. The molecular weight excluding hydrogens is 242 g/mol. The van der Waals surface area contributed by atoms with Crippen molar-refractivity contribution in [2.75, 3.05) is 12.3 Å². The molecule has 0 aliphatic heterocycles. The van der Waals surface area contributed by atoms with Crippen molar-refractivity contribution in [3.05, 3.63) is 18.0 Å². The molecule has 0 saturated heterocycles. The molecule has 3 nitrogen and oxygen atoms in total. The molecule has 0 aliphatic carbocycles. The largest absolute Gasteiger partial charge is 0.308 e. The summed E-state index contributed by atoms with van der Waals surface area (Å²) in [5, 5.41) is 8.75. The molecule has 104 valence electrons. The van der Waals surface area contributed by atoms with Gasteiger partial charge in [-0.05, 0) is 30.7 Å². The summed E-state index contributed by atoms with van der Waals surface area (Å²) in [4.78, 5) is 0. The zero-order valence-corrected chi connectivity index (χ0v) is 13.0. The van der Waals surface area contributed by atoms with Crippen molar-refractivity contribution >= 4 is 11.8 Å². The van der Waals surface area contributed by atoms with Crippen molar-refractivity contribution in [1.82, 2.24) is 15.1 Å². The summed E-state index contributed by atoms with van der Waals surface area (Å²) in [6.45, 7) is 11.0. The van der Waals surface area contributed by atoms with E-state index in [-0.39, 0.29) is 0 Å². The van der Waals surface area contributed by atoms with Crippen molar-refractivity contribution in [2.45, 2.75) is 58.4 Å². The number of hydrogen-bond donors (Lipinski definition) is 1. The predicted octanol–water partition coefficient (Wildman–Crippen LogP) is 3.48. The van der Waals surface area contributed by atoms with Crippen molar-refractivity contribution in [2.24, 2.45) is 0 Å². The van der Waals surface area contributed by atoms with Crippen molar-refractivity contribution in [3.63, 3.8) is 0 Å². The predicted molar refractivity (Wildman–Crippen MR) is 81.1 cm³/mol. The zero-order chi connectivity index (χ0) is 13.4. The molecule has 0 radical (unpaired) electrons. The van der Waals surface area contributed by atoms with Crippen LogP contribution in [-0.2, 0) is 6.54 Å². The third-order valence-electron chi connectivity index (χ3n) is 2.78. The number of rotatable bonds is 9. The molecule has 1 unspecified atom stereocenters. The second kappa shape index (κ2) is 8.59. The molecule has 1 rings (SSSR count). The Hall–Kier alpha value is -0.480. The fourth-order valence-corrected chi connectivity index (χ4v) is 2.76. The smallest absolute Gasteiger partial charge is 0.0583 e. The Kier molecular flexibility index (Phi) is 7.44. The molecule has 0 aromatic carbocycles. The Morgan fingerprint density at radius 2 is 2.11 bits per heavy atom. The van der Waals surface area contributed by atoms with Gasteiger partial charge >= 0.3 is 0 Å². The highest BCUT2D eigenvalue weighted by molar-refractivity contribution is 7.99. The van der Waals surface area contributed by atoms with Crippen LogP contribution in [0.2, 0.25) is 0 Å². The number of thioether (sulfide) groups is 1. The maximum atomic E-state index is 4.43. The maximum Gasteiger partial charge on any atom is 0.0583 e. The van der Waals surface area contributed by atoms with E-state index in [4.69, 9.17) is 0 Å². The van der Waals surface area contributed by atoms with Crippen LogP contribution in [-0.4, -0.2) is 27.3 Å². The highest BCUT2D eigenvalue weighted by atomic mass is 32.2. The Labute approximate surface area is 116 Å². The minimum atomic E-state index is 0.423. The van der Waals surface area contributed by atoms with Gasteiger partial charge in [-0.1, -0.05) is 27.7 Å². The number of nitrogens with one attached hydrogen (secondary N) is 1. The van der Waals surface area contributed by atoms with Crippen molar-refractivity contribution in [3.8, 4) is 0 Å². The number of nitrogens with zero attached hydrogens (tertiary/aromatic N) is 2. The van der Waals surface area contributed by atoms with Gasteiger partial charge in [0.1, 0.15) is 0 Å². The fraction of sp³-hybridized carbons (Fsp3) is 0.786. The van der Waals surface area contributed by atoms with E-state index in [1.54, 1.807) is 0 Å². The van der Waals surface area contributed by atoms with E-state index in [9.17, 15) is 0 Å². The van der Waals surface area contributed by atoms with Crippen LogP contribution >= 0.6 is 11.8 Å². The van der Waals surface area contributed by atoms with E-state index in [0.717, 1.165) is 25.3 Å². The second-order valence-corrected chi connectivity index (χ2v) is 6.48. The summed E-state index contributed by atoms with van der Waals surface area (Å²) in [6.07, 6.45) is 4.23. The lowest BCUT2D eigenvalue weighted by Gasteiger charge is -2.20. The Morgan fingerprint density at radius 1 is 1.33 bits per heavy atom. The molecule has 0 aliphatic rings. The third kappa shape index (κ3) is 5.02. The molecule has 4 heteroatoms. The topological polar surface area (TPSA) is 29.9 Å². The van der Waals surface area contributed by atoms with Gasteiger partial charge in [-0.15, -0.1) is 0 Å². The first-order chi connectivity index (χ1) is 8.69. The first-order valence-electron chi connectivity index (χ1n) is 7.05. The van der Waals surface area contributed by atoms with Crippen molar-refractivity contribution < 1.29 is 0 Å². The summed E-state index contributed by atoms with van der Waals surface area (Å²) in [6, 6.07) is 2.58. The molecule has 18 heavy (non-hydrogen) atoms. The minimum Gasteiger partial charge on any atom is -0.308 e. The highest BCUT2D eigenvalue weighted by Crippen LogP contribution is 2.21. The minimum absolute atomic E-state index is 0.423. The van der Waals surface area contributed by atoms with Crippen LogP contribution in [0.15, 0.2) is 12.3 Å². The number of hydrogen-bond acceptors (Lipinski definition) is 3. The molecule has 1 heterocycles. The average Bonchev–Trinajstić information content (AvgIpc) is 2.78. The van der Waals surface area contributed by atoms with Crippen LogP contribution in [0.4, 0.5) is 0 Å². The monoisotopic (exact) mass is 269 g/mol. The van der Waals surface area contributed by atoms with Crippen LogP contribution in [0, 0.1) is 0 Å². The van der Waals surface area contributed by atoms with E-state index >= 15 is 0 Å². The molecule has 1 aromatic rings. The molecule has 0 saturated carbocycles. The third-order valence-corrected chi connectivity index (χ3v) is 3.97. The van der Waals surface area contributed by atoms with Gasteiger partial charge < -0.3 is 5.32 Å². The van der Waals surface area contributed by atoms with Crippen molar-refractivity contribution in [1.29, 1.82) is 0 Å². The van der Waals surface area contributed by atoms with Crippen LogP contribution < -0.4 is 5.32 Å². The fourth-order valence-electron chi connectivity index (χ4n) is 1.89. The quantitative estimate of drug-likeness (QED) is 0.744. The molecular formula is C14H27N3S. The summed E-state index contributed by atoms with van der Waals surface area (Å²) >= 11 is 2.01. The SMILES string of the molecule is CCCNC(CSC(C)C)c1ccnn1CCC. The number of aromatic nitrogens is 2. The molecule has 1 atom stereocenters. The van der Waals surface area contributed by atoms with E-state index in [1.807, 2.05) is 18.0 Å². The molecule has 0 amide bonds. The maximum absolute atomic E-state index is 4.43. The van der Waals surface area contributed by atoms with Gasteiger partial charge in [0.25, 0.3) is 0 Å². The van der Waals surface area contributed by atoms with E-state index in [0.29, 0.717) is 11.3 Å². The van der Waals surface area contributed by atoms with Crippen LogP contribution in [0.1, 0.15) is 52.3 Å². The van der Waals surface area contributed by atoms with Crippen LogP contribution in [0.25, 0.3) is 0 Å². The number of aryl methyl sites for hydroxylation is 1. The molecule has 1 N–H and O–H groups in total. The van der Waals surface area contributed by atoms with Crippen LogP contribution in [0.3, 0.4) is 0 Å². The van der Waals surface area contributed by atoms with Gasteiger partial charge in [0.15, 0.2) is 0 Å². The molecule has 0 bridgehead atoms. The van der Waals surface area contributed by atoms with Gasteiger partial charge in [-0.3, -0.25) is 4.68 Å². The molecule has 0 spiro atoms. The van der Waals surface area contributed by atoms with E-state index in [2.05, 4.69) is 48.9 Å². The summed E-state index contributed by atoms with van der Waals surface area (Å²) in [7, 11) is 0. The van der Waals surface area contributed by atoms with E-state index < -0.39 is 0 Å². The Balaban J connectivity index is 2.69. The van der Waals surface area contributed by atoms with Gasteiger partial charge in [-0.2, -0.15) is 16.9 Å². The van der Waals surface area contributed by atoms with Crippen LogP contribution in [0.5, 0.6) is 0 Å². The summed E-state index contributed by atoms with van der Waals surface area (Å²) in [5.74, 6) is 1.12. The lowest BCUT2D eigenvalue weighted by atomic mass is 10.2. The van der Waals surface area contributed by atoms with E-state index in [1.165, 1.54) is 12.1 Å². The molecule has 1 aromatic heterocycles. The average molecular weight is 269 g/mol. The van der Waals surface area contributed by atoms with Gasteiger partial charge in [-0.25, -0.2) is 0 Å². The van der Waals surface area contributed by atoms with Gasteiger partial charge in [0, 0.05) is 18.5 Å². The highest BCUT2D eigenvalue weighted by Gasteiger charge is 2.15. The Bertz CT molecular complexity index is 323. The van der Waals surface area contributed by atoms with Gasteiger partial charge in [0.05, 0.1) is 11.7 Å². The zero-order valence-electron chi connectivity index (χ0n) is 12.1. The summed E-state index contributed by atoms with van der Waals surface area (Å²) < 4.78 is 2.15. The summed E-state index contributed by atoms with van der Waals surface area (Å²) in [5.41, 5.74) is 1.33. The molecule has 0 fully saturated rings.